The van der Waals surface area contributed by atoms with Crippen LogP contribution in [0.15, 0.2) is 47.4 Å². The first-order valence-corrected chi connectivity index (χ1v) is 5.99. The fourth-order valence-corrected chi connectivity index (χ4v) is 2.03. The maximum absolute atomic E-state index is 12.0. The maximum atomic E-state index is 12.0. The summed E-state index contributed by atoms with van der Waals surface area (Å²) in [5, 5.41) is 10.0. The van der Waals surface area contributed by atoms with Gasteiger partial charge in [0.1, 0.15) is 5.57 Å². The van der Waals surface area contributed by atoms with Crippen LogP contribution in [0.4, 0.5) is 0 Å². The second-order valence-electron chi connectivity index (χ2n) is 4.38. The van der Waals surface area contributed by atoms with Gasteiger partial charge in [0.25, 0.3) is 5.91 Å². The predicted molar refractivity (Wildman–Crippen MR) is 72.3 cm³/mol. The number of benzene rings is 1. The van der Waals surface area contributed by atoms with E-state index in [1.807, 2.05) is 6.07 Å². The van der Waals surface area contributed by atoms with Crippen molar-refractivity contribution in [3.05, 3.63) is 52.9 Å². The van der Waals surface area contributed by atoms with Gasteiger partial charge in [-0.15, -0.1) is 0 Å². The number of nitrogens with zero attached hydrogens (tertiary/aromatic N) is 1. The molecule has 2 rings (SSSR count). The lowest BCUT2D eigenvalue weighted by atomic mass is 10.1. The van der Waals surface area contributed by atoms with E-state index in [1.54, 1.807) is 24.3 Å². The number of ketones is 1. The number of aliphatic hydroxyl groups excluding tert-OH is 1. The number of Topliss-reactive ketones (excluding diaryl/α,β-unsaturated/α-hetero) is 1. The summed E-state index contributed by atoms with van der Waals surface area (Å²) in [6, 6.07) is 8.91. The van der Waals surface area contributed by atoms with Crippen molar-refractivity contribution >= 4 is 23.7 Å². The molecule has 0 aliphatic carbocycles. The SMILES string of the molecule is CC(=O)C1=C(O)/C(=C\c2ccccc2)N(C(C)=O)C1=O. The monoisotopic (exact) mass is 271 g/mol. The highest BCUT2D eigenvalue weighted by molar-refractivity contribution is 6.25. The van der Waals surface area contributed by atoms with E-state index in [-0.39, 0.29) is 11.3 Å². The molecular weight excluding hydrogens is 258 g/mol. The van der Waals surface area contributed by atoms with Crippen LogP contribution < -0.4 is 0 Å². The van der Waals surface area contributed by atoms with Crippen LogP contribution >= 0.6 is 0 Å². The molecular formula is C15H13NO4. The molecule has 5 nitrogen and oxygen atoms in total. The summed E-state index contributed by atoms with van der Waals surface area (Å²) in [5.74, 6) is -2.37. The summed E-state index contributed by atoms with van der Waals surface area (Å²) in [5.41, 5.74) is 0.374. The zero-order valence-electron chi connectivity index (χ0n) is 11.1. The molecule has 0 radical (unpaired) electrons. The lowest BCUT2D eigenvalue weighted by molar-refractivity contribution is -0.137. The molecule has 1 N–H and O–H groups in total. The number of hydrogen-bond acceptors (Lipinski definition) is 4. The van der Waals surface area contributed by atoms with Gasteiger partial charge in [0.2, 0.25) is 5.91 Å². The lowest BCUT2D eigenvalue weighted by Crippen LogP contribution is -2.31. The van der Waals surface area contributed by atoms with E-state index in [0.717, 1.165) is 4.90 Å². The van der Waals surface area contributed by atoms with Crippen LogP contribution in [0.2, 0.25) is 0 Å². The van der Waals surface area contributed by atoms with E-state index in [0.29, 0.717) is 5.56 Å². The minimum Gasteiger partial charge on any atom is -0.505 e. The summed E-state index contributed by atoms with van der Waals surface area (Å²) in [6.07, 6.45) is 1.49. The second-order valence-corrected chi connectivity index (χ2v) is 4.38. The average Bonchev–Trinajstić information content (AvgIpc) is 2.62. The highest BCUT2D eigenvalue weighted by Gasteiger charge is 2.39. The van der Waals surface area contributed by atoms with Crippen molar-refractivity contribution in [3.63, 3.8) is 0 Å². The molecule has 5 heteroatoms. The first kappa shape index (κ1) is 13.7. The van der Waals surface area contributed by atoms with Crippen LogP contribution in [-0.2, 0) is 14.4 Å². The van der Waals surface area contributed by atoms with Crippen LogP contribution in [0.5, 0.6) is 0 Å². The van der Waals surface area contributed by atoms with Crippen LogP contribution in [0.3, 0.4) is 0 Å². The Bertz CT molecular complexity index is 656. The van der Waals surface area contributed by atoms with Crippen molar-refractivity contribution in [1.29, 1.82) is 0 Å². The number of rotatable bonds is 2. The third-order valence-electron chi connectivity index (χ3n) is 2.91. The quantitative estimate of drug-likeness (QED) is 0.832. The number of imide groups is 1. The van der Waals surface area contributed by atoms with Crippen molar-refractivity contribution < 1.29 is 19.5 Å². The Kier molecular flexibility index (Phi) is 3.52. The Balaban J connectivity index is 2.59. The van der Waals surface area contributed by atoms with E-state index in [2.05, 4.69) is 0 Å². The zero-order valence-corrected chi connectivity index (χ0v) is 11.1. The topological polar surface area (TPSA) is 74.7 Å². The third kappa shape index (κ3) is 2.25. The molecule has 1 aliphatic rings. The van der Waals surface area contributed by atoms with Crippen molar-refractivity contribution in [2.45, 2.75) is 13.8 Å². The van der Waals surface area contributed by atoms with E-state index in [9.17, 15) is 19.5 Å². The minimum atomic E-state index is -0.787. The molecule has 20 heavy (non-hydrogen) atoms. The van der Waals surface area contributed by atoms with Crippen molar-refractivity contribution in [2.75, 3.05) is 0 Å². The molecule has 0 bridgehead atoms. The summed E-state index contributed by atoms with van der Waals surface area (Å²) in [4.78, 5) is 35.8. The second kappa shape index (κ2) is 5.13. The molecule has 0 fully saturated rings. The fraction of sp³-hybridized carbons (Fsp3) is 0.133. The van der Waals surface area contributed by atoms with Crippen LogP contribution in [0.25, 0.3) is 6.08 Å². The van der Waals surface area contributed by atoms with E-state index >= 15 is 0 Å². The number of carbonyl (C=O) groups excluding carboxylic acids is 3. The van der Waals surface area contributed by atoms with Gasteiger partial charge in [0.05, 0.1) is 5.70 Å². The fourth-order valence-electron chi connectivity index (χ4n) is 2.03. The molecule has 0 unspecified atom stereocenters. The molecule has 2 amide bonds. The Hall–Kier alpha value is -2.69. The van der Waals surface area contributed by atoms with Crippen molar-refractivity contribution in [1.82, 2.24) is 4.90 Å². The lowest BCUT2D eigenvalue weighted by Gasteiger charge is -2.14. The molecule has 1 aromatic rings. The largest absolute Gasteiger partial charge is 0.505 e. The van der Waals surface area contributed by atoms with Gasteiger partial charge in [0.15, 0.2) is 11.5 Å². The highest BCUT2D eigenvalue weighted by atomic mass is 16.3. The first-order chi connectivity index (χ1) is 9.43. The van der Waals surface area contributed by atoms with Crippen molar-refractivity contribution in [2.24, 2.45) is 0 Å². The van der Waals surface area contributed by atoms with Gasteiger partial charge in [0, 0.05) is 6.92 Å². The van der Waals surface area contributed by atoms with Gasteiger partial charge in [-0.25, -0.2) is 4.90 Å². The number of hydrogen-bond donors (Lipinski definition) is 1. The molecule has 0 saturated heterocycles. The van der Waals surface area contributed by atoms with Gasteiger partial charge in [-0.1, -0.05) is 30.3 Å². The summed E-state index contributed by atoms with van der Waals surface area (Å²) >= 11 is 0. The zero-order chi connectivity index (χ0) is 14.9. The minimum absolute atomic E-state index is 0.0268. The third-order valence-corrected chi connectivity index (χ3v) is 2.91. The Morgan fingerprint density at radius 1 is 1.15 bits per heavy atom. The Morgan fingerprint density at radius 2 is 1.75 bits per heavy atom. The van der Waals surface area contributed by atoms with E-state index in [1.165, 1.54) is 19.9 Å². The first-order valence-electron chi connectivity index (χ1n) is 5.99. The van der Waals surface area contributed by atoms with Gasteiger partial charge in [-0.3, -0.25) is 14.4 Å². The standard InChI is InChI=1S/C15H13NO4/c1-9(17)13-14(19)12(16(10(2)18)15(13)20)8-11-6-4-3-5-7-11/h3-8,19H,1-2H3/b12-8+. The predicted octanol–water partition coefficient (Wildman–Crippen LogP) is 1.82. The molecule has 0 aromatic heterocycles. The smallest absolute Gasteiger partial charge is 0.272 e. The Labute approximate surface area is 115 Å². The molecule has 1 aromatic carbocycles. The summed E-state index contributed by atoms with van der Waals surface area (Å²) in [7, 11) is 0. The van der Waals surface area contributed by atoms with Crippen LogP contribution in [-0.4, -0.2) is 27.6 Å². The van der Waals surface area contributed by atoms with E-state index in [4.69, 9.17) is 0 Å². The normalized spacial score (nSPS) is 17.0. The van der Waals surface area contributed by atoms with Crippen molar-refractivity contribution in [3.8, 4) is 0 Å². The van der Waals surface area contributed by atoms with E-state index < -0.39 is 23.4 Å². The summed E-state index contributed by atoms with van der Waals surface area (Å²) < 4.78 is 0. The maximum Gasteiger partial charge on any atom is 0.272 e. The highest BCUT2D eigenvalue weighted by Crippen LogP contribution is 2.30. The number of aliphatic hydroxyl groups is 1. The van der Waals surface area contributed by atoms with Gasteiger partial charge >= 0.3 is 0 Å². The Morgan fingerprint density at radius 3 is 2.25 bits per heavy atom. The summed E-state index contributed by atoms with van der Waals surface area (Å²) in [6.45, 7) is 2.38. The number of amides is 2. The van der Waals surface area contributed by atoms with Crippen LogP contribution in [0, 0.1) is 0 Å². The molecule has 0 saturated carbocycles. The molecule has 0 atom stereocenters. The molecule has 102 valence electrons. The molecule has 1 aliphatic heterocycles. The number of carbonyl (C=O) groups is 3. The van der Waals surface area contributed by atoms with Gasteiger partial charge in [-0.05, 0) is 18.6 Å². The van der Waals surface area contributed by atoms with Crippen LogP contribution in [0.1, 0.15) is 19.4 Å². The average molecular weight is 271 g/mol. The van der Waals surface area contributed by atoms with Gasteiger partial charge in [-0.2, -0.15) is 0 Å². The molecule has 0 spiro atoms. The van der Waals surface area contributed by atoms with Gasteiger partial charge < -0.3 is 5.11 Å². The molecule has 1 heterocycles.